The van der Waals surface area contributed by atoms with Crippen LogP contribution in [-0.4, -0.2) is 17.8 Å². The van der Waals surface area contributed by atoms with Crippen molar-refractivity contribution in [1.82, 2.24) is 16.2 Å². The number of hydrazine groups is 1. The van der Waals surface area contributed by atoms with Gasteiger partial charge in [-0.15, -0.1) is 0 Å². The molecular formula is C11H13ClN4OS. The molecule has 0 saturated heterocycles. The molecule has 1 aromatic rings. The number of thiocarbonyl (C=S) groups is 1. The Morgan fingerprint density at radius 3 is 2.83 bits per heavy atom. The molecule has 0 fully saturated rings. The Labute approximate surface area is 115 Å². The van der Waals surface area contributed by atoms with Crippen molar-refractivity contribution in [2.45, 2.75) is 6.10 Å². The van der Waals surface area contributed by atoms with E-state index < -0.39 is 0 Å². The van der Waals surface area contributed by atoms with E-state index in [1.54, 1.807) is 0 Å². The predicted octanol–water partition coefficient (Wildman–Crippen LogP) is 0.922. The molecule has 18 heavy (non-hydrogen) atoms. The van der Waals surface area contributed by atoms with Gasteiger partial charge in [0.05, 0.1) is 5.70 Å². The van der Waals surface area contributed by atoms with Gasteiger partial charge in [-0.25, -0.2) is 5.84 Å². The molecule has 0 radical (unpaired) electrons. The predicted molar refractivity (Wildman–Crippen MR) is 75.4 cm³/mol. The van der Waals surface area contributed by atoms with E-state index in [-0.39, 0.29) is 6.10 Å². The average Bonchev–Trinajstić information content (AvgIpc) is 2.85. The number of hydrogen-bond acceptors (Lipinski definition) is 4. The molecule has 1 heterocycles. The maximum atomic E-state index is 5.83. The highest BCUT2D eigenvalue weighted by Gasteiger charge is 2.17. The second-order valence-corrected chi connectivity index (χ2v) is 4.54. The lowest BCUT2D eigenvalue weighted by molar-refractivity contribution is 0.0542. The Morgan fingerprint density at radius 2 is 2.17 bits per heavy atom. The molecule has 7 heteroatoms. The minimum atomic E-state index is -0.109. The molecule has 1 unspecified atom stereocenters. The standard InChI is InChI=1S/C11H13ClN4OS/c12-8-3-1-7(2-4-8)10-5-9(17-16-10)6-14-11(18)15-13/h1-5,9,16H,6,13H2,(H2,14,15,18). The highest BCUT2D eigenvalue weighted by molar-refractivity contribution is 7.80. The Hall–Kier alpha value is -1.34. The third-order valence-corrected chi connectivity index (χ3v) is 2.94. The summed E-state index contributed by atoms with van der Waals surface area (Å²) in [7, 11) is 0. The quantitative estimate of drug-likeness (QED) is 0.376. The van der Waals surface area contributed by atoms with E-state index in [1.807, 2.05) is 30.3 Å². The molecule has 1 aliphatic heterocycles. The monoisotopic (exact) mass is 284 g/mol. The molecule has 2 rings (SSSR count). The first kappa shape index (κ1) is 13.1. The first-order valence-electron chi connectivity index (χ1n) is 5.33. The SMILES string of the molecule is NNC(=S)NCC1C=C(c2ccc(Cl)cc2)NO1. The van der Waals surface area contributed by atoms with E-state index in [4.69, 9.17) is 34.5 Å². The summed E-state index contributed by atoms with van der Waals surface area (Å²) >= 11 is 10.7. The number of nitrogens with two attached hydrogens (primary N) is 1. The fourth-order valence-corrected chi connectivity index (χ4v) is 1.73. The Kier molecular flexibility index (Phi) is 4.38. The van der Waals surface area contributed by atoms with Crippen LogP contribution in [0, 0.1) is 0 Å². The third kappa shape index (κ3) is 3.33. The van der Waals surface area contributed by atoms with Gasteiger partial charge in [-0.2, -0.15) is 0 Å². The maximum absolute atomic E-state index is 5.83. The molecule has 0 aliphatic carbocycles. The van der Waals surface area contributed by atoms with Gasteiger partial charge in [0.25, 0.3) is 0 Å². The first-order valence-corrected chi connectivity index (χ1v) is 6.11. The first-order chi connectivity index (χ1) is 8.69. The molecular weight excluding hydrogens is 272 g/mol. The molecule has 5 nitrogen and oxygen atoms in total. The van der Waals surface area contributed by atoms with Crippen LogP contribution in [0.2, 0.25) is 5.02 Å². The topological polar surface area (TPSA) is 71.3 Å². The van der Waals surface area contributed by atoms with Crippen molar-refractivity contribution in [2.75, 3.05) is 6.54 Å². The van der Waals surface area contributed by atoms with E-state index in [0.29, 0.717) is 16.7 Å². The van der Waals surface area contributed by atoms with Crippen molar-refractivity contribution < 1.29 is 4.84 Å². The van der Waals surface area contributed by atoms with Crippen LogP contribution in [-0.2, 0) is 4.84 Å². The van der Waals surface area contributed by atoms with Gasteiger partial charge in [0.1, 0.15) is 6.10 Å². The summed E-state index contributed by atoms with van der Waals surface area (Å²) in [6.45, 7) is 0.535. The number of hydrogen-bond donors (Lipinski definition) is 4. The van der Waals surface area contributed by atoms with Crippen LogP contribution in [0.1, 0.15) is 5.56 Å². The molecule has 0 bridgehead atoms. The molecule has 1 atom stereocenters. The molecule has 1 aliphatic rings. The van der Waals surface area contributed by atoms with Gasteiger partial charge >= 0.3 is 0 Å². The summed E-state index contributed by atoms with van der Waals surface area (Å²) in [4.78, 5) is 5.38. The number of halogens is 1. The van der Waals surface area contributed by atoms with Crippen LogP contribution in [0.15, 0.2) is 30.3 Å². The highest BCUT2D eigenvalue weighted by atomic mass is 35.5. The summed E-state index contributed by atoms with van der Waals surface area (Å²) in [6, 6.07) is 7.51. The zero-order valence-electron chi connectivity index (χ0n) is 9.44. The largest absolute Gasteiger partial charge is 0.359 e. The van der Waals surface area contributed by atoms with Gasteiger partial charge in [-0.05, 0) is 36.0 Å². The van der Waals surface area contributed by atoms with Crippen molar-refractivity contribution in [3.8, 4) is 0 Å². The smallest absolute Gasteiger partial charge is 0.180 e. The normalized spacial score (nSPS) is 17.9. The molecule has 1 aromatic carbocycles. The summed E-state index contributed by atoms with van der Waals surface area (Å²) in [5.74, 6) is 5.15. The number of nitrogens with one attached hydrogen (secondary N) is 3. The van der Waals surface area contributed by atoms with Crippen molar-refractivity contribution in [3.63, 3.8) is 0 Å². The minimum Gasteiger partial charge on any atom is -0.359 e. The van der Waals surface area contributed by atoms with Crippen LogP contribution in [0.25, 0.3) is 5.70 Å². The van der Waals surface area contributed by atoms with Crippen LogP contribution in [0.5, 0.6) is 0 Å². The second-order valence-electron chi connectivity index (χ2n) is 3.70. The van der Waals surface area contributed by atoms with Crippen molar-refractivity contribution in [1.29, 1.82) is 0 Å². The van der Waals surface area contributed by atoms with Gasteiger partial charge < -0.3 is 10.7 Å². The lowest BCUT2D eigenvalue weighted by atomic mass is 10.1. The summed E-state index contributed by atoms with van der Waals surface area (Å²) in [5, 5.41) is 4.01. The third-order valence-electron chi connectivity index (χ3n) is 2.42. The van der Waals surface area contributed by atoms with Crippen LogP contribution >= 0.6 is 23.8 Å². The number of benzene rings is 1. The number of rotatable bonds is 3. The van der Waals surface area contributed by atoms with Crippen LogP contribution in [0.3, 0.4) is 0 Å². The zero-order valence-corrected chi connectivity index (χ0v) is 11.0. The maximum Gasteiger partial charge on any atom is 0.180 e. The fourth-order valence-electron chi connectivity index (χ4n) is 1.52. The zero-order chi connectivity index (χ0) is 13.0. The Balaban J connectivity index is 1.95. The van der Waals surface area contributed by atoms with E-state index in [1.165, 1.54) is 0 Å². The van der Waals surface area contributed by atoms with Crippen LogP contribution in [0.4, 0.5) is 0 Å². The summed E-state index contributed by atoms with van der Waals surface area (Å²) < 4.78 is 0. The van der Waals surface area contributed by atoms with E-state index in [2.05, 4.69) is 16.2 Å². The molecule has 0 saturated carbocycles. The van der Waals surface area contributed by atoms with Crippen molar-refractivity contribution >= 4 is 34.6 Å². The average molecular weight is 285 g/mol. The van der Waals surface area contributed by atoms with E-state index in [0.717, 1.165) is 11.3 Å². The molecule has 0 aromatic heterocycles. The fraction of sp³-hybridized carbons (Fsp3) is 0.182. The molecule has 96 valence electrons. The number of hydroxylamine groups is 1. The van der Waals surface area contributed by atoms with Gasteiger partial charge in [-0.1, -0.05) is 23.7 Å². The molecule has 5 N–H and O–H groups in total. The highest BCUT2D eigenvalue weighted by Crippen LogP contribution is 2.20. The van der Waals surface area contributed by atoms with Gasteiger partial charge in [0.15, 0.2) is 5.11 Å². The van der Waals surface area contributed by atoms with Gasteiger partial charge in [0, 0.05) is 11.6 Å². The van der Waals surface area contributed by atoms with Crippen LogP contribution < -0.4 is 22.1 Å². The van der Waals surface area contributed by atoms with Crippen molar-refractivity contribution in [2.24, 2.45) is 5.84 Å². The Morgan fingerprint density at radius 1 is 1.44 bits per heavy atom. The summed E-state index contributed by atoms with van der Waals surface area (Å²) in [6.07, 6.45) is 1.86. The minimum absolute atomic E-state index is 0.109. The summed E-state index contributed by atoms with van der Waals surface area (Å²) in [5.41, 5.74) is 7.14. The lowest BCUT2D eigenvalue weighted by Gasteiger charge is -2.10. The van der Waals surface area contributed by atoms with Crippen molar-refractivity contribution in [3.05, 3.63) is 40.9 Å². The second kappa shape index (κ2) is 6.01. The van der Waals surface area contributed by atoms with Gasteiger partial charge in [0.2, 0.25) is 0 Å². The van der Waals surface area contributed by atoms with E-state index >= 15 is 0 Å². The lowest BCUT2D eigenvalue weighted by Crippen LogP contribution is -2.42. The van der Waals surface area contributed by atoms with E-state index in [9.17, 15) is 0 Å². The molecule has 0 amide bonds. The molecule has 0 spiro atoms. The van der Waals surface area contributed by atoms with Gasteiger partial charge in [-0.3, -0.25) is 10.3 Å². The Bertz CT molecular complexity index is 463.